The van der Waals surface area contributed by atoms with Gasteiger partial charge >= 0.3 is 0 Å². The van der Waals surface area contributed by atoms with E-state index in [2.05, 4.69) is 20.1 Å². The molecular formula is C16H24N4OS. The van der Waals surface area contributed by atoms with E-state index in [4.69, 9.17) is 0 Å². The highest BCUT2D eigenvalue weighted by Gasteiger charge is 2.58. The maximum absolute atomic E-state index is 12.9. The topological polar surface area (TPSA) is 48.5 Å². The van der Waals surface area contributed by atoms with Gasteiger partial charge in [-0.05, 0) is 44.2 Å². The molecule has 2 aliphatic heterocycles. The van der Waals surface area contributed by atoms with Crippen molar-refractivity contribution in [2.45, 2.75) is 25.7 Å². The van der Waals surface area contributed by atoms with Crippen LogP contribution < -0.4 is 10.2 Å². The highest BCUT2D eigenvalue weighted by molar-refractivity contribution is 7.13. The van der Waals surface area contributed by atoms with Crippen molar-refractivity contribution in [2.75, 3.05) is 44.2 Å². The van der Waals surface area contributed by atoms with Gasteiger partial charge in [0.05, 0.1) is 0 Å². The molecule has 0 aromatic carbocycles. The summed E-state index contributed by atoms with van der Waals surface area (Å²) in [6, 6.07) is 0. The first-order chi connectivity index (χ1) is 10.8. The van der Waals surface area contributed by atoms with Crippen LogP contribution in [0.2, 0.25) is 0 Å². The number of hydrogen-bond donors (Lipinski definition) is 1. The van der Waals surface area contributed by atoms with E-state index in [1.54, 1.807) is 11.3 Å². The molecule has 1 spiro atoms. The second-order valence-electron chi connectivity index (χ2n) is 6.85. The van der Waals surface area contributed by atoms with E-state index < -0.39 is 0 Å². The molecular weight excluding hydrogens is 296 g/mol. The third-order valence-corrected chi connectivity index (χ3v) is 6.42. The van der Waals surface area contributed by atoms with Gasteiger partial charge in [0.25, 0.3) is 0 Å². The third kappa shape index (κ3) is 2.63. The van der Waals surface area contributed by atoms with E-state index in [0.717, 1.165) is 57.2 Å². The number of aromatic nitrogens is 1. The zero-order valence-electron chi connectivity index (χ0n) is 13.0. The Balaban J connectivity index is 1.36. The van der Waals surface area contributed by atoms with Crippen LogP contribution in [0.4, 0.5) is 5.13 Å². The maximum Gasteiger partial charge on any atom is 0.226 e. The lowest BCUT2D eigenvalue weighted by Crippen LogP contribution is -2.38. The number of nitrogens with one attached hydrogen (secondary N) is 1. The molecule has 0 radical (unpaired) electrons. The maximum atomic E-state index is 12.9. The Hall–Kier alpha value is -1.14. The predicted molar refractivity (Wildman–Crippen MR) is 88.2 cm³/mol. The van der Waals surface area contributed by atoms with Gasteiger partial charge in [0.2, 0.25) is 5.91 Å². The van der Waals surface area contributed by atoms with Crippen molar-refractivity contribution in [3.05, 3.63) is 11.6 Å². The number of rotatable bonds is 2. The summed E-state index contributed by atoms with van der Waals surface area (Å²) in [4.78, 5) is 21.7. The lowest BCUT2D eigenvalue weighted by Gasteiger charge is -2.26. The van der Waals surface area contributed by atoms with Crippen molar-refractivity contribution < 1.29 is 4.79 Å². The normalized spacial score (nSPS) is 27.7. The summed E-state index contributed by atoms with van der Waals surface area (Å²) in [7, 11) is 0. The lowest BCUT2D eigenvalue weighted by atomic mass is 9.91. The van der Waals surface area contributed by atoms with Gasteiger partial charge in [-0.2, -0.15) is 0 Å². The zero-order valence-corrected chi connectivity index (χ0v) is 13.8. The van der Waals surface area contributed by atoms with E-state index >= 15 is 0 Å². The summed E-state index contributed by atoms with van der Waals surface area (Å²) in [5, 5.41) is 6.53. The number of amides is 1. The van der Waals surface area contributed by atoms with Crippen LogP contribution in [0, 0.1) is 11.3 Å². The Bertz CT molecular complexity index is 526. The predicted octanol–water partition coefficient (Wildman–Crippen LogP) is 1.57. The van der Waals surface area contributed by atoms with E-state index in [1.165, 1.54) is 12.8 Å². The molecule has 2 saturated heterocycles. The smallest absolute Gasteiger partial charge is 0.226 e. The average Bonchev–Trinajstić information content (AvgIpc) is 3.05. The van der Waals surface area contributed by atoms with Crippen molar-refractivity contribution in [3.8, 4) is 0 Å². The average molecular weight is 320 g/mol. The zero-order chi connectivity index (χ0) is 15.0. The Labute approximate surface area is 135 Å². The molecule has 1 atom stereocenters. The molecule has 6 heteroatoms. The first kappa shape index (κ1) is 14.5. The minimum absolute atomic E-state index is 0.306. The van der Waals surface area contributed by atoms with Gasteiger partial charge < -0.3 is 15.1 Å². The fraction of sp³-hybridized carbons (Fsp3) is 0.750. The minimum Gasteiger partial charge on any atom is -0.346 e. The largest absolute Gasteiger partial charge is 0.346 e. The first-order valence-corrected chi connectivity index (χ1v) is 9.30. The summed E-state index contributed by atoms with van der Waals surface area (Å²) in [6.07, 6.45) is 6.40. The summed E-state index contributed by atoms with van der Waals surface area (Å²) < 4.78 is 0. The van der Waals surface area contributed by atoms with Crippen molar-refractivity contribution in [3.63, 3.8) is 0 Å². The van der Waals surface area contributed by atoms with Crippen LogP contribution in [0.3, 0.4) is 0 Å². The van der Waals surface area contributed by atoms with E-state index in [1.807, 2.05) is 11.6 Å². The molecule has 1 amide bonds. The molecule has 1 saturated carbocycles. The number of carbonyl (C=O) groups is 1. The molecule has 1 N–H and O–H groups in total. The van der Waals surface area contributed by atoms with Crippen LogP contribution in [0.15, 0.2) is 11.6 Å². The van der Waals surface area contributed by atoms with E-state index in [0.29, 0.717) is 17.2 Å². The molecule has 1 aromatic heterocycles. The van der Waals surface area contributed by atoms with Gasteiger partial charge in [0.15, 0.2) is 5.13 Å². The molecule has 120 valence electrons. The van der Waals surface area contributed by atoms with Gasteiger partial charge in [-0.15, -0.1) is 11.3 Å². The van der Waals surface area contributed by atoms with Crippen LogP contribution in [0.1, 0.15) is 25.7 Å². The van der Waals surface area contributed by atoms with Crippen LogP contribution in [-0.2, 0) is 4.79 Å². The number of thiazole rings is 1. The summed E-state index contributed by atoms with van der Waals surface area (Å²) >= 11 is 1.69. The Kier molecular flexibility index (Phi) is 3.82. The Morgan fingerprint density at radius 1 is 1.27 bits per heavy atom. The third-order valence-electron chi connectivity index (χ3n) is 5.58. The summed E-state index contributed by atoms with van der Waals surface area (Å²) in [5.74, 6) is 0.726. The SMILES string of the molecule is O=C(C1CC12CCNCC2)N1CCCN(c2nccs2)CC1. The van der Waals surface area contributed by atoms with Gasteiger partial charge in [0, 0.05) is 43.7 Å². The van der Waals surface area contributed by atoms with Crippen molar-refractivity contribution in [2.24, 2.45) is 11.3 Å². The molecule has 4 rings (SSSR count). The van der Waals surface area contributed by atoms with Gasteiger partial charge in [-0.25, -0.2) is 4.98 Å². The van der Waals surface area contributed by atoms with Crippen LogP contribution in [-0.4, -0.2) is 55.1 Å². The Morgan fingerprint density at radius 3 is 2.91 bits per heavy atom. The molecule has 3 heterocycles. The van der Waals surface area contributed by atoms with Crippen molar-refractivity contribution in [1.29, 1.82) is 0 Å². The highest BCUT2D eigenvalue weighted by atomic mass is 32.1. The van der Waals surface area contributed by atoms with Crippen molar-refractivity contribution >= 4 is 22.4 Å². The number of anilines is 1. The quantitative estimate of drug-likeness (QED) is 0.899. The number of hydrogen-bond acceptors (Lipinski definition) is 5. The highest BCUT2D eigenvalue weighted by Crippen LogP contribution is 2.59. The lowest BCUT2D eigenvalue weighted by molar-refractivity contribution is -0.133. The number of carbonyl (C=O) groups excluding carboxylic acids is 1. The summed E-state index contributed by atoms with van der Waals surface area (Å²) in [5.41, 5.74) is 0.351. The van der Waals surface area contributed by atoms with Gasteiger partial charge in [-0.3, -0.25) is 4.79 Å². The fourth-order valence-electron chi connectivity index (χ4n) is 4.10. The molecule has 0 bridgehead atoms. The monoisotopic (exact) mass is 320 g/mol. The summed E-state index contributed by atoms with van der Waals surface area (Å²) in [6.45, 7) is 5.86. The van der Waals surface area contributed by atoms with Crippen LogP contribution >= 0.6 is 11.3 Å². The van der Waals surface area contributed by atoms with Crippen LogP contribution in [0.25, 0.3) is 0 Å². The molecule has 22 heavy (non-hydrogen) atoms. The molecule has 3 fully saturated rings. The molecule has 1 unspecified atom stereocenters. The van der Waals surface area contributed by atoms with Gasteiger partial charge in [0.1, 0.15) is 0 Å². The molecule has 1 aromatic rings. The number of piperidine rings is 1. The van der Waals surface area contributed by atoms with E-state index in [-0.39, 0.29) is 0 Å². The first-order valence-electron chi connectivity index (χ1n) is 8.42. The van der Waals surface area contributed by atoms with Crippen molar-refractivity contribution in [1.82, 2.24) is 15.2 Å². The second-order valence-corrected chi connectivity index (χ2v) is 7.72. The van der Waals surface area contributed by atoms with Crippen LogP contribution in [0.5, 0.6) is 0 Å². The minimum atomic E-state index is 0.306. The van der Waals surface area contributed by atoms with E-state index in [9.17, 15) is 4.79 Å². The fourth-order valence-corrected chi connectivity index (χ4v) is 4.79. The molecule has 3 aliphatic rings. The standard InChI is InChI=1S/C16H24N4OS/c21-14(13-12-16(13)2-4-17-5-3-16)19-7-1-8-20(10-9-19)15-18-6-11-22-15/h6,11,13,17H,1-5,7-10,12H2. The molecule has 5 nitrogen and oxygen atoms in total. The van der Waals surface area contributed by atoms with Gasteiger partial charge in [-0.1, -0.05) is 0 Å². The second kappa shape index (κ2) is 5.81. The number of nitrogens with zero attached hydrogens (tertiary/aromatic N) is 3. The molecule has 1 aliphatic carbocycles. The Morgan fingerprint density at radius 2 is 2.14 bits per heavy atom.